The molecule has 0 aliphatic rings. The molecule has 0 spiro atoms. The highest BCUT2D eigenvalue weighted by atomic mass is 32.1. The van der Waals surface area contributed by atoms with Crippen molar-refractivity contribution in [3.63, 3.8) is 0 Å². The molecule has 0 aliphatic heterocycles. The molecule has 5 aromatic rings. The Morgan fingerprint density at radius 3 is 2.13 bits per heavy atom. The molecule has 5 rings (SSSR count). The van der Waals surface area contributed by atoms with E-state index in [1.54, 1.807) is 0 Å². The Hall–Kier alpha value is -3.71. The van der Waals surface area contributed by atoms with Gasteiger partial charge in [-0.05, 0) is 82.0 Å². The van der Waals surface area contributed by atoms with Crippen molar-refractivity contribution in [2.45, 2.75) is 77.7 Å². The zero-order valence-electron chi connectivity index (χ0n) is 27.9. The van der Waals surface area contributed by atoms with Gasteiger partial charge in [0.05, 0.1) is 0 Å². The van der Waals surface area contributed by atoms with Crippen LogP contribution >= 0.6 is 22.7 Å². The Bertz CT molecular complexity index is 1820. The van der Waals surface area contributed by atoms with Gasteiger partial charge in [-0.15, -0.1) is 22.7 Å². The van der Waals surface area contributed by atoms with Crippen LogP contribution in [0.5, 0.6) is 5.75 Å². The standard InChI is InChI=1S/C40H45NO3S2/c1-38(2,3)35-24-30(36(46-35)29-12-8-10-26(22-29)20-21-42)25-44-32-13-9-11-28(23-32)33-18-19-34(45-33)40(6,7)39(4,5)31-16-14-27(15-17-31)37(41)43/h8-19,22-24,42H,20-21,25H2,1-7H3,(H2,41,43). The molecule has 2 heterocycles. The van der Waals surface area contributed by atoms with E-state index < -0.39 is 5.91 Å². The van der Waals surface area contributed by atoms with Crippen LogP contribution in [0, 0.1) is 0 Å². The van der Waals surface area contributed by atoms with Crippen molar-refractivity contribution in [2.24, 2.45) is 5.73 Å². The molecule has 2 aromatic heterocycles. The monoisotopic (exact) mass is 651 g/mol. The summed E-state index contributed by atoms with van der Waals surface area (Å²) in [5.74, 6) is 0.428. The smallest absolute Gasteiger partial charge is 0.248 e. The number of primary amides is 1. The van der Waals surface area contributed by atoms with Gasteiger partial charge in [-0.2, -0.15) is 0 Å². The molecule has 4 nitrogen and oxygen atoms in total. The average Bonchev–Trinajstić information content (AvgIpc) is 3.69. The van der Waals surface area contributed by atoms with E-state index in [-0.39, 0.29) is 22.9 Å². The summed E-state index contributed by atoms with van der Waals surface area (Å²) in [4.78, 5) is 16.6. The minimum absolute atomic E-state index is 0.0342. The highest BCUT2D eigenvalue weighted by molar-refractivity contribution is 7.16. The lowest BCUT2D eigenvalue weighted by atomic mass is 9.63. The van der Waals surface area contributed by atoms with Crippen molar-refractivity contribution < 1.29 is 14.6 Å². The predicted molar refractivity (Wildman–Crippen MR) is 194 cm³/mol. The molecule has 3 aromatic carbocycles. The van der Waals surface area contributed by atoms with Crippen LogP contribution in [-0.4, -0.2) is 17.6 Å². The molecule has 0 unspecified atom stereocenters. The molecule has 0 saturated heterocycles. The lowest BCUT2D eigenvalue weighted by Crippen LogP contribution is -2.39. The molecule has 6 heteroatoms. The van der Waals surface area contributed by atoms with Gasteiger partial charge >= 0.3 is 0 Å². The van der Waals surface area contributed by atoms with Gasteiger partial charge in [0.1, 0.15) is 12.4 Å². The molecular weight excluding hydrogens is 607 g/mol. The number of aliphatic hydroxyl groups excluding tert-OH is 1. The van der Waals surface area contributed by atoms with Gasteiger partial charge in [-0.3, -0.25) is 4.79 Å². The number of amides is 1. The normalized spacial score (nSPS) is 12.3. The minimum Gasteiger partial charge on any atom is -0.489 e. The van der Waals surface area contributed by atoms with Gasteiger partial charge < -0.3 is 15.6 Å². The number of carbonyl (C=O) groups is 1. The fourth-order valence-electron chi connectivity index (χ4n) is 5.60. The highest BCUT2D eigenvalue weighted by Crippen LogP contribution is 2.47. The first-order valence-corrected chi connectivity index (χ1v) is 17.4. The maximum Gasteiger partial charge on any atom is 0.248 e. The van der Waals surface area contributed by atoms with E-state index in [9.17, 15) is 9.90 Å². The molecule has 3 N–H and O–H groups in total. The van der Waals surface area contributed by atoms with Crippen molar-refractivity contribution in [2.75, 3.05) is 6.61 Å². The van der Waals surface area contributed by atoms with Crippen molar-refractivity contribution in [1.82, 2.24) is 0 Å². The predicted octanol–water partition coefficient (Wildman–Crippen LogP) is 9.91. The van der Waals surface area contributed by atoms with Crippen molar-refractivity contribution in [3.8, 4) is 26.6 Å². The fourth-order valence-corrected chi connectivity index (χ4v) is 8.08. The first-order valence-electron chi connectivity index (χ1n) is 15.8. The molecule has 0 fully saturated rings. The van der Waals surface area contributed by atoms with E-state index in [0.29, 0.717) is 18.6 Å². The Labute approximate surface area is 281 Å². The van der Waals surface area contributed by atoms with E-state index in [1.165, 1.54) is 30.6 Å². The summed E-state index contributed by atoms with van der Waals surface area (Å²) in [6.07, 6.45) is 0.646. The summed E-state index contributed by atoms with van der Waals surface area (Å²) < 4.78 is 6.47. The van der Waals surface area contributed by atoms with Crippen molar-refractivity contribution >= 4 is 28.6 Å². The number of ether oxygens (including phenoxy) is 1. The van der Waals surface area contributed by atoms with E-state index >= 15 is 0 Å². The Morgan fingerprint density at radius 2 is 1.46 bits per heavy atom. The molecule has 0 bridgehead atoms. The van der Waals surface area contributed by atoms with Gasteiger partial charge in [0.2, 0.25) is 5.91 Å². The maximum atomic E-state index is 11.6. The summed E-state index contributed by atoms with van der Waals surface area (Å²) in [7, 11) is 0. The zero-order chi connectivity index (χ0) is 33.3. The van der Waals surface area contributed by atoms with Gasteiger partial charge in [-0.1, -0.05) is 97.0 Å². The largest absolute Gasteiger partial charge is 0.489 e. The van der Waals surface area contributed by atoms with Gasteiger partial charge in [0.25, 0.3) is 0 Å². The molecule has 0 radical (unpaired) electrons. The Balaban J connectivity index is 1.37. The molecule has 0 atom stereocenters. The second-order valence-electron chi connectivity index (χ2n) is 14.1. The molecule has 240 valence electrons. The Kier molecular flexibility index (Phi) is 9.65. The lowest BCUT2D eigenvalue weighted by molar-refractivity contribution is 0.1000. The fraction of sp³-hybridized carbons (Fsp3) is 0.325. The van der Waals surface area contributed by atoms with Crippen molar-refractivity contribution in [1.29, 1.82) is 0 Å². The first kappa shape index (κ1) is 33.6. The van der Waals surface area contributed by atoms with Crippen LogP contribution < -0.4 is 10.5 Å². The summed E-state index contributed by atoms with van der Waals surface area (Å²) in [5.41, 5.74) is 11.4. The number of rotatable bonds is 11. The van der Waals surface area contributed by atoms with Crippen LogP contribution in [0.4, 0.5) is 0 Å². The molecule has 0 saturated carbocycles. The molecule has 46 heavy (non-hydrogen) atoms. The highest BCUT2D eigenvalue weighted by Gasteiger charge is 2.40. The second kappa shape index (κ2) is 13.2. The molecule has 1 amide bonds. The van der Waals surface area contributed by atoms with E-state index in [2.05, 4.69) is 109 Å². The van der Waals surface area contributed by atoms with Crippen LogP contribution in [-0.2, 0) is 29.3 Å². The Morgan fingerprint density at radius 1 is 0.761 bits per heavy atom. The van der Waals surface area contributed by atoms with Gasteiger partial charge in [0, 0.05) is 42.7 Å². The lowest BCUT2D eigenvalue weighted by Gasteiger charge is -2.42. The minimum atomic E-state index is -0.410. The summed E-state index contributed by atoms with van der Waals surface area (Å²) >= 11 is 3.64. The van der Waals surface area contributed by atoms with Crippen LogP contribution in [0.2, 0.25) is 0 Å². The number of thiophene rings is 2. The van der Waals surface area contributed by atoms with E-state index in [0.717, 1.165) is 22.4 Å². The van der Waals surface area contributed by atoms with Crippen LogP contribution in [0.15, 0.2) is 91.0 Å². The zero-order valence-corrected chi connectivity index (χ0v) is 29.6. The number of nitrogens with two attached hydrogens (primary N) is 1. The third-order valence-electron chi connectivity index (χ3n) is 9.33. The summed E-state index contributed by atoms with van der Waals surface area (Å²) in [6, 6.07) is 31.3. The number of hydrogen-bond donors (Lipinski definition) is 2. The molecular formula is C40H45NO3S2. The van der Waals surface area contributed by atoms with Crippen molar-refractivity contribution in [3.05, 3.63) is 123 Å². The number of aliphatic hydroxyl groups is 1. The van der Waals surface area contributed by atoms with E-state index in [1.807, 2.05) is 53.0 Å². The van der Waals surface area contributed by atoms with Gasteiger partial charge in [0.15, 0.2) is 0 Å². The SMILES string of the molecule is CC(C)(C)c1cc(COc2cccc(-c3ccc(C(C)(C)C(C)(C)c4ccc(C(N)=O)cc4)s3)c2)c(-c2cccc(CCO)c2)s1. The first-order chi connectivity index (χ1) is 21.7. The number of benzene rings is 3. The second-order valence-corrected chi connectivity index (χ2v) is 16.2. The average molecular weight is 652 g/mol. The summed E-state index contributed by atoms with van der Waals surface area (Å²) in [5, 5.41) is 9.48. The third kappa shape index (κ3) is 7.00. The van der Waals surface area contributed by atoms with Crippen LogP contribution in [0.3, 0.4) is 0 Å². The molecule has 0 aliphatic carbocycles. The van der Waals surface area contributed by atoms with Gasteiger partial charge in [-0.25, -0.2) is 0 Å². The quantitative estimate of drug-likeness (QED) is 0.149. The maximum absolute atomic E-state index is 11.6. The van der Waals surface area contributed by atoms with E-state index in [4.69, 9.17) is 10.5 Å². The van der Waals surface area contributed by atoms with Crippen LogP contribution in [0.1, 0.15) is 85.3 Å². The number of hydrogen-bond acceptors (Lipinski definition) is 5. The summed E-state index contributed by atoms with van der Waals surface area (Å²) in [6.45, 7) is 16.4. The topological polar surface area (TPSA) is 72.5 Å². The third-order valence-corrected chi connectivity index (χ3v) is 12.4. The van der Waals surface area contributed by atoms with Crippen LogP contribution in [0.25, 0.3) is 20.9 Å². The number of carbonyl (C=O) groups excluding carboxylic acids is 1.